The van der Waals surface area contributed by atoms with Gasteiger partial charge in [0.1, 0.15) is 0 Å². The van der Waals surface area contributed by atoms with E-state index in [9.17, 15) is 0 Å². The zero-order valence-corrected chi connectivity index (χ0v) is 24.9. The Kier molecular flexibility index (Phi) is 6.38. The Balaban J connectivity index is 1.55. The molecular weight excluding hydrogens is 534 g/mol. The molecule has 0 radical (unpaired) electrons. The van der Waals surface area contributed by atoms with E-state index >= 15 is 0 Å². The van der Waals surface area contributed by atoms with E-state index in [0.29, 0.717) is 0 Å². The zero-order chi connectivity index (χ0) is 28.0. The van der Waals surface area contributed by atoms with Crippen LogP contribution in [0.3, 0.4) is 0 Å². The number of hydrogen-bond donors (Lipinski definition) is 0. The number of benzene rings is 6. The van der Waals surface area contributed by atoms with Crippen molar-refractivity contribution in [2.24, 2.45) is 0 Å². The fourth-order valence-corrected chi connectivity index (χ4v) is 12.2. The summed E-state index contributed by atoms with van der Waals surface area (Å²) in [5.74, 6) is 0. The first kappa shape index (κ1) is 25.6. The molecule has 0 atom stereocenters. The highest BCUT2D eigenvalue weighted by Crippen LogP contribution is 2.38. The number of aryl methyl sites for hydroxylation is 2. The van der Waals surface area contributed by atoms with Gasteiger partial charge in [0.05, 0.1) is 0 Å². The van der Waals surface area contributed by atoms with E-state index in [1.54, 1.807) is 0 Å². The normalized spacial score (nSPS) is 13.0. The number of para-hydroxylation sites is 2. The molecule has 0 aliphatic carbocycles. The van der Waals surface area contributed by atoms with Crippen LogP contribution < -0.4 is 25.6 Å². The smallest absolute Gasteiger partial charge is 0.180 e. The van der Waals surface area contributed by atoms with Crippen molar-refractivity contribution < 1.29 is 0 Å². The molecule has 0 spiro atoms. The Morgan fingerprint density at radius 3 is 1.61 bits per heavy atom. The Labute approximate surface area is 248 Å². The lowest BCUT2D eigenvalue weighted by atomic mass is 10.0. The molecule has 1 heterocycles. The van der Waals surface area contributed by atoms with Crippen molar-refractivity contribution in [2.45, 2.75) is 13.8 Å². The van der Waals surface area contributed by atoms with Crippen LogP contribution >= 0.6 is 11.6 Å². The Morgan fingerprint density at radius 2 is 1.05 bits per heavy atom. The SMILES string of the molecule is Cc1cccc([Si]2(c3cccc(C)c3)c3ccc(N(c4ccccc4)c4ccccc4)cc3-c3ccc(Cl)cc32)c1. The summed E-state index contributed by atoms with van der Waals surface area (Å²) in [6, 6.07) is 53.1. The van der Waals surface area contributed by atoms with Gasteiger partial charge in [0.2, 0.25) is 0 Å². The van der Waals surface area contributed by atoms with Gasteiger partial charge in [0, 0.05) is 22.1 Å². The molecule has 0 fully saturated rings. The lowest BCUT2D eigenvalue weighted by Crippen LogP contribution is -2.73. The highest BCUT2D eigenvalue weighted by molar-refractivity contribution is 7.22. The monoisotopic (exact) mass is 563 g/mol. The number of fused-ring (bicyclic) bond motifs is 3. The van der Waals surface area contributed by atoms with Crippen LogP contribution in [0.2, 0.25) is 5.02 Å². The number of halogens is 1. The van der Waals surface area contributed by atoms with Gasteiger partial charge in [-0.05, 0) is 94.3 Å². The average Bonchev–Trinajstić information content (AvgIpc) is 3.28. The highest BCUT2D eigenvalue weighted by Gasteiger charge is 2.49. The van der Waals surface area contributed by atoms with Gasteiger partial charge in [0.15, 0.2) is 8.07 Å². The van der Waals surface area contributed by atoms with E-state index in [1.807, 2.05) is 6.07 Å². The molecule has 0 unspecified atom stereocenters. The molecule has 198 valence electrons. The van der Waals surface area contributed by atoms with Gasteiger partial charge in [-0.15, -0.1) is 0 Å². The molecule has 7 rings (SSSR count). The number of rotatable bonds is 5. The third-order valence-corrected chi connectivity index (χ3v) is 13.3. The summed E-state index contributed by atoms with van der Waals surface area (Å²) in [6.45, 7) is 4.38. The molecule has 3 heteroatoms. The summed E-state index contributed by atoms with van der Waals surface area (Å²) in [6.07, 6.45) is 0. The van der Waals surface area contributed by atoms with Gasteiger partial charge in [-0.2, -0.15) is 0 Å². The molecule has 0 amide bonds. The van der Waals surface area contributed by atoms with Gasteiger partial charge in [-0.25, -0.2) is 0 Å². The van der Waals surface area contributed by atoms with E-state index < -0.39 is 8.07 Å². The molecule has 6 aromatic carbocycles. The lowest BCUT2D eigenvalue weighted by molar-refractivity contribution is 1.29. The molecular formula is C38H30ClNSi. The van der Waals surface area contributed by atoms with E-state index in [2.05, 4.69) is 158 Å². The fraction of sp³-hybridized carbons (Fsp3) is 0.0526. The highest BCUT2D eigenvalue weighted by atomic mass is 35.5. The van der Waals surface area contributed by atoms with Crippen LogP contribution in [0.25, 0.3) is 11.1 Å². The number of anilines is 3. The second kappa shape index (κ2) is 10.2. The second-order valence-electron chi connectivity index (χ2n) is 10.9. The van der Waals surface area contributed by atoms with Crippen molar-refractivity contribution in [3.8, 4) is 11.1 Å². The minimum Gasteiger partial charge on any atom is -0.310 e. The Hall–Kier alpha value is -4.37. The van der Waals surface area contributed by atoms with E-state index in [-0.39, 0.29) is 0 Å². The van der Waals surface area contributed by atoms with Gasteiger partial charge in [-0.3, -0.25) is 0 Å². The standard InChI is InChI=1S/C38H30ClNSi/c1-27-11-9-17-33(23-27)41(34-18-10-12-28(2)24-34)37-22-20-32(26-36(37)35-21-19-29(39)25-38(35)41)40(30-13-5-3-6-14-30)31-15-7-4-8-16-31/h3-26H,1-2H3. The molecule has 6 aromatic rings. The maximum absolute atomic E-state index is 6.79. The number of nitrogens with zero attached hydrogens (tertiary/aromatic N) is 1. The lowest BCUT2D eigenvalue weighted by Gasteiger charge is -2.32. The van der Waals surface area contributed by atoms with Crippen LogP contribution in [0, 0.1) is 13.8 Å². The van der Waals surface area contributed by atoms with E-state index in [4.69, 9.17) is 11.6 Å². The van der Waals surface area contributed by atoms with Crippen molar-refractivity contribution in [2.75, 3.05) is 4.90 Å². The first-order chi connectivity index (χ1) is 20.1. The topological polar surface area (TPSA) is 3.24 Å². The second-order valence-corrected chi connectivity index (χ2v) is 15.1. The molecule has 1 aliphatic rings. The van der Waals surface area contributed by atoms with Crippen LogP contribution in [0.4, 0.5) is 17.1 Å². The summed E-state index contributed by atoms with van der Waals surface area (Å²) in [5, 5.41) is 6.33. The summed E-state index contributed by atoms with van der Waals surface area (Å²) in [5.41, 5.74) is 8.52. The molecule has 0 N–H and O–H groups in total. The first-order valence-electron chi connectivity index (χ1n) is 14.0. The fourth-order valence-electron chi connectivity index (χ4n) is 6.57. The van der Waals surface area contributed by atoms with Crippen LogP contribution in [0.5, 0.6) is 0 Å². The van der Waals surface area contributed by atoms with Crippen molar-refractivity contribution in [3.63, 3.8) is 0 Å². The predicted octanol–water partition coefficient (Wildman–Crippen LogP) is 7.78. The molecule has 0 bridgehead atoms. The van der Waals surface area contributed by atoms with Crippen molar-refractivity contribution in [1.29, 1.82) is 0 Å². The van der Waals surface area contributed by atoms with Crippen LogP contribution in [-0.4, -0.2) is 8.07 Å². The van der Waals surface area contributed by atoms with Gasteiger partial charge >= 0.3 is 0 Å². The average molecular weight is 564 g/mol. The van der Waals surface area contributed by atoms with Crippen LogP contribution in [0.1, 0.15) is 11.1 Å². The molecule has 1 nitrogen and oxygen atoms in total. The largest absolute Gasteiger partial charge is 0.310 e. The van der Waals surface area contributed by atoms with E-state index in [0.717, 1.165) is 22.1 Å². The quantitative estimate of drug-likeness (QED) is 0.193. The third kappa shape index (κ3) is 4.23. The van der Waals surface area contributed by atoms with Gasteiger partial charge < -0.3 is 4.90 Å². The minimum absolute atomic E-state index is 0.782. The van der Waals surface area contributed by atoms with E-state index in [1.165, 1.54) is 43.0 Å². The van der Waals surface area contributed by atoms with Crippen molar-refractivity contribution in [1.82, 2.24) is 0 Å². The number of hydrogen-bond acceptors (Lipinski definition) is 1. The van der Waals surface area contributed by atoms with Crippen LogP contribution in [-0.2, 0) is 0 Å². The van der Waals surface area contributed by atoms with Crippen molar-refractivity contribution >= 4 is 57.5 Å². The molecule has 0 aromatic heterocycles. The summed E-state index contributed by atoms with van der Waals surface area (Å²) in [7, 11) is -2.64. The maximum atomic E-state index is 6.79. The maximum Gasteiger partial charge on any atom is 0.180 e. The minimum atomic E-state index is -2.64. The Morgan fingerprint density at radius 1 is 0.463 bits per heavy atom. The third-order valence-electron chi connectivity index (χ3n) is 8.27. The van der Waals surface area contributed by atoms with Gasteiger partial charge in [0.25, 0.3) is 0 Å². The summed E-state index contributed by atoms with van der Waals surface area (Å²) in [4.78, 5) is 2.34. The molecule has 41 heavy (non-hydrogen) atoms. The van der Waals surface area contributed by atoms with Crippen molar-refractivity contribution in [3.05, 3.63) is 162 Å². The molecule has 0 saturated carbocycles. The van der Waals surface area contributed by atoms with Crippen LogP contribution in [0.15, 0.2) is 146 Å². The summed E-state index contributed by atoms with van der Waals surface area (Å²) >= 11 is 6.79. The predicted molar refractivity (Wildman–Crippen MR) is 178 cm³/mol. The molecule has 0 saturated heterocycles. The first-order valence-corrected chi connectivity index (χ1v) is 16.4. The Bertz CT molecular complexity index is 1800. The summed E-state index contributed by atoms with van der Waals surface area (Å²) < 4.78 is 0. The zero-order valence-electron chi connectivity index (χ0n) is 23.2. The van der Waals surface area contributed by atoms with Gasteiger partial charge in [-0.1, -0.05) is 120 Å². The molecule has 1 aliphatic heterocycles.